The van der Waals surface area contributed by atoms with Crippen molar-refractivity contribution in [3.05, 3.63) is 45.0 Å². The van der Waals surface area contributed by atoms with Gasteiger partial charge in [-0.3, -0.25) is 14.9 Å². The predicted octanol–water partition coefficient (Wildman–Crippen LogP) is 1.94. The third kappa shape index (κ3) is 2.76. The summed E-state index contributed by atoms with van der Waals surface area (Å²) in [5.41, 5.74) is 0.646. The summed E-state index contributed by atoms with van der Waals surface area (Å²) in [6.07, 6.45) is 0.603. The minimum atomic E-state index is -1.03. The van der Waals surface area contributed by atoms with Crippen molar-refractivity contribution < 1.29 is 24.4 Å². The number of carbonyl (C=O) groups excluding carboxylic acids is 2. The van der Waals surface area contributed by atoms with Crippen molar-refractivity contribution in [2.24, 2.45) is 0 Å². The van der Waals surface area contributed by atoms with Crippen LogP contribution in [0.4, 0.5) is 5.69 Å². The van der Waals surface area contributed by atoms with Crippen LogP contribution in [0.15, 0.2) is 23.8 Å². The van der Waals surface area contributed by atoms with Crippen molar-refractivity contribution >= 4 is 23.2 Å². The van der Waals surface area contributed by atoms with Crippen LogP contribution >= 0.6 is 0 Å². The molecular formula is C14H13NO6. The Hall–Kier alpha value is -2.70. The van der Waals surface area contributed by atoms with E-state index in [9.17, 15) is 24.8 Å². The molecule has 1 N–H and O–H groups in total. The van der Waals surface area contributed by atoms with Crippen LogP contribution < -0.4 is 0 Å². The number of hydrogen-bond donors (Lipinski definition) is 1. The average molecular weight is 291 g/mol. The molecule has 0 radical (unpaired) electrons. The van der Waals surface area contributed by atoms with E-state index in [0.29, 0.717) is 12.0 Å². The van der Waals surface area contributed by atoms with E-state index in [1.807, 2.05) is 0 Å². The lowest BCUT2D eigenvalue weighted by Gasteiger charge is -2.18. The van der Waals surface area contributed by atoms with Crippen molar-refractivity contribution in [1.29, 1.82) is 0 Å². The fourth-order valence-electron chi connectivity index (χ4n) is 2.20. The maximum Gasteiger partial charge on any atom is 0.379 e. The van der Waals surface area contributed by atoms with E-state index >= 15 is 0 Å². The molecule has 0 saturated carbocycles. The number of carbonyl (C=O) groups is 2. The molecule has 7 heteroatoms. The molecule has 0 heterocycles. The number of aliphatic hydroxyl groups is 1. The molecule has 21 heavy (non-hydrogen) atoms. The van der Waals surface area contributed by atoms with E-state index in [2.05, 4.69) is 4.74 Å². The van der Waals surface area contributed by atoms with Gasteiger partial charge in [0.15, 0.2) is 0 Å². The quantitative estimate of drug-likeness (QED) is 0.393. The zero-order valence-corrected chi connectivity index (χ0v) is 11.3. The molecule has 2 rings (SSSR count). The Balaban J connectivity index is 2.44. The highest BCUT2D eigenvalue weighted by Crippen LogP contribution is 2.32. The first-order valence-electron chi connectivity index (χ1n) is 6.37. The number of benzene rings is 1. The molecule has 0 spiro atoms. The average Bonchev–Trinajstić information content (AvgIpc) is 2.47. The summed E-state index contributed by atoms with van der Waals surface area (Å²) < 4.78 is 4.61. The molecule has 0 saturated heterocycles. The van der Waals surface area contributed by atoms with Gasteiger partial charge >= 0.3 is 5.97 Å². The molecule has 0 unspecified atom stereocenters. The van der Waals surface area contributed by atoms with Gasteiger partial charge in [0.2, 0.25) is 0 Å². The minimum absolute atomic E-state index is 0.0562. The molecule has 1 aliphatic carbocycles. The van der Waals surface area contributed by atoms with Crippen molar-refractivity contribution in [2.75, 3.05) is 6.61 Å². The Morgan fingerprint density at radius 2 is 2.10 bits per heavy atom. The van der Waals surface area contributed by atoms with Gasteiger partial charge in [-0.25, -0.2) is 4.79 Å². The summed E-state index contributed by atoms with van der Waals surface area (Å²) >= 11 is 0. The summed E-state index contributed by atoms with van der Waals surface area (Å²) in [6.45, 7) is 1.62. The first-order valence-corrected chi connectivity index (χ1v) is 6.37. The number of ether oxygens (including phenoxy) is 1. The summed E-state index contributed by atoms with van der Waals surface area (Å²) in [7, 11) is 0. The number of Topliss-reactive ketones (excluding diaryl/α,β-unsaturated/α-hetero) is 1. The molecule has 1 aliphatic rings. The van der Waals surface area contributed by atoms with E-state index in [1.165, 1.54) is 18.2 Å². The summed E-state index contributed by atoms with van der Waals surface area (Å²) in [6, 6.07) is 4.07. The Morgan fingerprint density at radius 1 is 1.38 bits per heavy atom. The van der Waals surface area contributed by atoms with Gasteiger partial charge in [0, 0.05) is 23.3 Å². The molecule has 7 nitrogen and oxygen atoms in total. The van der Waals surface area contributed by atoms with Crippen LogP contribution in [0.1, 0.15) is 24.5 Å². The third-order valence-electron chi connectivity index (χ3n) is 3.22. The summed E-state index contributed by atoms with van der Waals surface area (Å²) in [4.78, 5) is 33.5. The van der Waals surface area contributed by atoms with Crippen LogP contribution in [0.25, 0.3) is 5.76 Å². The van der Waals surface area contributed by atoms with Gasteiger partial charge < -0.3 is 9.84 Å². The monoisotopic (exact) mass is 291 g/mol. The second kappa shape index (κ2) is 5.74. The summed E-state index contributed by atoms with van der Waals surface area (Å²) in [5, 5.41) is 20.9. The number of non-ortho nitro benzene ring substituents is 1. The number of nitrogens with zero attached hydrogens (tertiary/aromatic N) is 1. The lowest BCUT2D eigenvalue weighted by atomic mass is 9.88. The highest BCUT2D eigenvalue weighted by atomic mass is 16.6. The number of aliphatic hydroxyl groups excluding tert-OH is 1. The van der Waals surface area contributed by atoms with Gasteiger partial charge in [-0.1, -0.05) is 6.07 Å². The molecule has 0 bridgehead atoms. The molecule has 110 valence electrons. The van der Waals surface area contributed by atoms with Crippen molar-refractivity contribution in [2.45, 2.75) is 19.8 Å². The standard InChI is InChI=1S/C14H13NO6/c1-2-21-14(18)13(17)10-6-4-8-3-5-9(15(19)20)7-11(8)12(10)16/h3,5,7,16H,2,4,6H2,1H3. The maximum atomic E-state index is 11.9. The second-order valence-corrected chi connectivity index (χ2v) is 4.48. The lowest BCUT2D eigenvalue weighted by molar-refractivity contribution is -0.384. The fourth-order valence-corrected chi connectivity index (χ4v) is 2.20. The van der Waals surface area contributed by atoms with Gasteiger partial charge in [0.05, 0.1) is 11.5 Å². The molecule has 1 aromatic carbocycles. The third-order valence-corrected chi connectivity index (χ3v) is 3.22. The maximum absolute atomic E-state index is 11.9. The van der Waals surface area contributed by atoms with Gasteiger partial charge in [-0.05, 0) is 25.3 Å². The lowest BCUT2D eigenvalue weighted by Crippen LogP contribution is -2.22. The first kappa shape index (κ1) is 14.7. The van der Waals surface area contributed by atoms with Crippen molar-refractivity contribution in [3.8, 4) is 0 Å². The fraction of sp³-hybridized carbons (Fsp3) is 0.286. The zero-order chi connectivity index (χ0) is 15.6. The number of fused-ring (bicyclic) bond motifs is 1. The van der Waals surface area contributed by atoms with Crippen LogP contribution in [0.5, 0.6) is 0 Å². The number of esters is 1. The Bertz CT molecular complexity index is 661. The van der Waals surface area contributed by atoms with E-state index in [-0.39, 0.29) is 29.9 Å². The Kier molecular flexibility index (Phi) is 4.02. The number of aryl methyl sites for hydroxylation is 1. The molecular weight excluding hydrogens is 278 g/mol. The topological polar surface area (TPSA) is 107 Å². The van der Waals surface area contributed by atoms with Crippen LogP contribution in [0.3, 0.4) is 0 Å². The van der Waals surface area contributed by atoms with Crippen molar-refractivity contribution in [3.63, 3.8) is 0 Å². The SMILES string of the molecule is CCOC(=O)C(=O)C1=C(O)c2cc([N+](=O)[O-])ccc2CC1. The van der Waals surface area contributed by atoms with Gasteiger partial charge in [-0.2, -0.15) is 0 Å². The number of nitro benzene ring substituents is 1. The largest absolute Gasteiger partial charge is 0.507 e. The molecule has 0 aliphatic heterocycles. The highest BCUT2D eigenvalue weighted by Gasteiger charge is 2.29. The smallest absolute Gasteiger partial charge is 0.379 e. The number of nitro groups is 1. The summed E-state index contributed by atoms with van der Waals surface area (Å²) in [5.74, 6) is -2.34. The van der Waals surface area contributed by atoms with Gasteiger partial charge in [-0.15, -0.1) is 0 Å². The zero-order valence-electron chi connectivity index (χ0n) is 11.3. The number of rotatable bonds is 4. The van der Waals surface area contributed by atoms with Gasteiger partial charge in [0.25, 0.3) is 11.5 Å². The molecule has 0 amide bonds. The van der Waals surface area contributed by atoms with Crippen LogP contribution in [0.2, 0.25) is 0 Å². The molecule has 0 atom stereocenters. The number of hydrogen-bond acceptors (Lipinski definition) is 6. The Labute approximate surface area is 120 Å². The van der Waals surface area contributed by atoms with Crippen LogP contribution in [-0.4, -0.2) is 28.4 Å². The van der Waals surface area contributed by atoms with Crippen LogP contribution in [0, 0.1) is 10.1 Å². The molecule has 1 aromatic rings. The Morgan fingerprint density at radius 3 is 2.71 bits per heavy atom. The minimum Gasteiger partial charge on any atom is -0.507 e. The van der Waals surface area contributed by atoms with E-state index in [4.69, 9.17) is 0 Å². The van der Waals surface area contributed by atoms with Crippen molar-refractivity contribution in [1.82, 2.24) is 0 Å². The van der Waals surface area contributed by atoms with E-state index in [1.54, 1.807) is 6.92 Å². The normalized spacial score (nSPS) is 13.6. The first-order chi connectivity index (χ1) is 9.95. The van der Waals surface area contributed by atoms with Gasteiger partial charge in [0.1, 0.15) is 5.76 Å². The van der Waals surface area contributed by atoms with E-state index in [0.717, 1.165) is 0 Å². The molecule has 0 fully saturated rings. The number of ketones is 1. The van der Waals surface area contributed by atoms with E-state index < -0.39 is 22.4 Å². The molecule has 0 aromatic heterocycles. The highest BCUT2D eigenvalue weighted by molar-refractivity contribution is 6.41. The van der Waals surface area contributed by atoms with Crippen LogP contribution in [-0.2, 0) is 20.7 Å². The predicted molar refractivity (Wildman–Crippen MR) is 72.6 cm³/mol. The second-order valence-electron chi connectivity index (χ2n) is 4.48.